The SMILES string of the molecule is CC(C)(C)CS(=O)(=O)NCCCS(N)(=O)=O. The summed E-state index contributed by atoms with van der Waals surface area (Å²) in [4.78, 5) is 0. The van der Waals surface area contributed by atoms with Crippen LogP contribution in [0.1, 0.15) is 27.2 Å². The minimum absolute atomic E-state index is 0.00930. The monoisotopic (exact) mass is 272 g/mol. The highest BCUT2D eigenvalue weighted by Crippen LogP contribution is 2.15. The Morgan fingerprint density at radius 2 is 1.62 bits per heavy atom. The summed E-state index contributed by atoms with van der Waals surface area (Å²) in [7, 11) is -6.85. The maximum absolute atomic E-state index is 11.5. The highest BCUT2D eigenvalue weighted by molar-refractivity contribution is 7.89. The topological polar surface area (TPSA) is 106 Å². The van der Waals surface area contributed by atoms with Crippen LogP contribution in [0.25, 0.3) is 0 Å². The standard InChI is InChI=1S/C8H20N2O4S2/c1-8(2,3)7-16(13,14)10-5-4-6-15(9,11)12/h10H,4-7H2,1-3H3,(H2,9,11,12). The van der Waals surface area contributed by atoms with Crippen LogP contribution in [0.4, 0.5) is 0 Å². The van der Waals surface area contributed by atoms with Gasteiger partial charge in [-0.05, 0) is 11.8 Å². The molecule has 0 heterocycles. The molecule has 0 amide bonds. The van der Waals surface area contributed by atoms with Crippen molar-refractivity contribution in [3.8, 4) is 0 Å². The number of primary sulfonamides is 1. The molecule has 0 bridgehead atoms. The van der Waals surface area contributed by atoms with E-state index in [4.69, 9.17) is 5.14 Å². The molecule has 0 aliphatic carbocycles. The Hall–Kier alpha value is -0.180. The van der Waals surface area contributed by atoms with E-state index < -0.39 is 20.0 Å². The molecule has 3 N–H and O–H groups in total. The first kappa shape index (κ1) is 15.8. The van der Waals surface area contributed by atoms with Crippen LogP contribution in [-0.4, -0.2) is 34.9 Å². The molecular weight excluding hydrogens is 252 g/mol. The molecule has 0 saturated carbocycles. The molecule has 0 aliphatic heterocycles. The molecule has 98 valence electrons. The van der Waals surface area contributed by atoms with Crippen LogP contribution >= 0.6 is 0 Å². The lowest BCUT2D eigenvalue weighted by molar-refractivity contribution is 0.458. The lowest BCUT2D eigenvalue weighted by atomic mass is 10.0. The molecule has 0 aliphatic rings. The summed E-state index contributed by atoms with van der Waals surface area (Å²) >= 11 is 0. The molecule has 0 spiro atoms. The van der Waals surface area contributed by atoms with Crippen LogP contribution in [0.5, 0.6) is 0 Å². The van der Waals surface area contributed by atoms with E-state index in [1.807, 2.05) is 20.8 Å². The van der Waals surface area contributed by atoms with Crippen LogP contribution in [0, 0.1) is 5.41 Å². The lowest BCUT2D eigenvalue weighted by Crippen LogP contribution is -2.33. The third-order valence-electron chi connectivity index (χ3n) is 1.55. The number of hydrogen-bond donors (Lipinski definition) is 2. The maximum Gasteiger partial charge on any atom is 0.212 e. The van der Waals surface area contributed by atoms with Crippen molar-refractivity contribution in [1.29, 1.82) is 0 Å². The zero-order chi connectivity index (χ0) is 13.0. The Morgan fingerprint density at radius 3 is 2.00 bits per heavy atom. The Bertz CT molecular complexity index is 406. The minimum atomic E-state index is -3.51. The van der Waals surface area contributed by atoms with Gasteiger partial charge in [0.2, 0.25) is 20.0 Å². The molecule has 8 heteroatoms. The van der Waals surface area contributed by atoms with Crippen LogP contribution in [0.15, 0.2) is 0 Å². The van der Waals surface area contributed by atoms with E-state index in [1.165, 1.54) is 0 Å². The molecule has 0 fully saturated rings. The molecule has 0 atom stereocenters. The van der Waals surface area contributed by atoms with Gasteiger partial charge in [0.25, 0.3) is 0 Å². The molecule has 0 saturated heterocycles. The Labute approximate surface area is 97.7 Å². The van der Waals surface area contributed by atoms with Crippen LogP contribution in [0.2, 0.25) is 0 Å². The van der Waals surface area contributed by atoms with Gasteiger partial charge in [-0.25, -0.2) is 26.7 Å². The van der Waals surface area contributed by atoms with Gasteiger partial charge in [0.15, 0.2) is 0 Å². The molecule has 0 aromatic rings. The van der Waals surface area contributed by atoms with E-state index in [2.05, 4.69) is 4.72 Å². The van der Waals surface area contributed by atoms with Gasteiger partial charge < -0.3 is 0 Å². The predicted molar refractivity (Wildman–Crippen MR) is 63.8 cm³/mol. The second-order valence-electron chi connectivity index (χ2n) is 4.93. The second kappa shape index (κ2) is 5.44. The molecule has 0 rings (SSSR count). The molecule has 0 aromatic carbocycles. The van der Waals surface area contributed by atoms with Gasteiger partial charge in [0.05, 0.1) is 11.5 Å². The van der Waals surface area contributed by atoms with E-state index in [0.717, 1.165) is 0 Å². The van der Waals surface area contributed by atoms with Crippen molar-refractivity contribution in [2.75, 3.05) is 18.1 Å². The van der Waals surface area contributed by atoms with Gasteiger partial charge in [-0.2, -0.15) is 0 Å². The summed E-state index contributed by atoms with van der Waals surface area (Å²) < 4.78 is 46.5. The van der Waals surface area contributed by atoms with Crippen LogP contribution < -0.4 is 9.86 Å². The minimum Gasteiger partial charge on any atom is -0.229 e. The predicted octanol–water partition coefficient (Wildman–Crippen LogP) is -0.369. The zero-order valence-electron chi connectivity index (χ0n) is 9.86. The fraction of sp³-hybridized carbons (Fsp3) is 1.00. The van der Waals surface area contributed by atoms with Crippen molar-refractivity contribution >= 4 is 20.0 Å². The van der Waals surface area contributed by atoms with Gasteiger partial charge in [-0.15, -0.1) is 0 Å². The summed E-state index contributed by atoms with van der Waals surface area (Å²) in [6.45, 7) is 5.54. The Kier molecular flexibility index (Phi) is 5.37. The second-order valence-corrected chi connectivity index (χ2v) is 8.48. The molecule has 0 radical (unpaired) electrons. The fourth-order valence-electron chi connectivity index (χ4n) is 1.12. The first-order valence-corrected chi connectivity index (χ1v) is 8.26. The van der Waals surface area contributed by atoms with Crippen molar-refractivity contribution in [2.45, 2.75) is 27.2 Å². The summed E-state index contributed by atoms with van der Waals surface area (Å²) in [5.41, 5.74) is -0.328. The van der Waals surface area contributed by atoms with Crippen molar-refractivity contribution in [3.05, 3.63) is 0 Å². The highest BCUT2D eigenvalue weighted by atomic mass is 32.2. The lowest BCUT2D eigenvalue weighted by Gasteiger charge is -2.18. The maximum atomic E-state index is 11.5. The fourth-order valence-corrected chi connectivity index (χ4v) is 3.37. The molecule has 0 unspecified atom stereocenters. The number of sulfonamides is 2. The first-order valence-electron chi connectivity index (χ1n) is 4.89. The highest BCUT2D eigenvalue weighted by Gasteiger charge is 2.20. The first-order chi connectivity index (χ1) is 6.91. The Balaban J connectivity index is 4.03. The third kappa shape index (κ3) is 10.3. The van der Waals surface area contributed by atoms with Gasteiger partial charge in [0, 0.05) is 6.54 Å². The molecule has 16 heavy (non-hydrogen) atoms. The van der Waals surface area contributed by atoms with Crippen molar-refractivity contribution in [1.82, 2.24) is 4.72 Å². The zero-order valence-corrected chi connectivity index (χ0v) is 11.5. The van der Waals surface area contributed by atoms with Crippen molar-refractivity contribution < 1.29 is 16.8 Å². The summed E-state index contributed by atoms with van der Waals surface area (Å²) in [6, 6.07) is 0. The number of nitrogens with two attached hydrogens (primary N) is 1. The summed E-state index contributed by atoms with van der Waals surface area (Å²) in [6.07, 6.45) is 0.183. The van der Waals surface area contributed by atoms with E-state index in [1.54, 1.807) is 0 Å². The van der Waals surface area contributed by atoms with Crippen LogP contribution in [-0.2, 0) is 20.0 Å². The smallest absolute Gasteiger partial charge is 0.212 e. The molecule has 0 aromatic heterocycles. The van der Waals surface area contributed by atoms with Gasteiger partial charge in [-0.3, -0.25) is 0 Å². The van der Waals surface area contributed by atoms with E-state index >= 15 is 0 Å². The van der Waals surface area contributed by atoms with Gasteiger partial charge in [-0.1, -0.05) is 20.8 Å². The summed E-state index contributed by atoms with van der Waals surface area (Å²) in [5, 5.41) is 4.78. The summed E-state index contributed by atoms with van der Waals surface area (Å²) in [5.74, 6) is -0.208. The largest absolute Gasteiger partial charge is 0.229 e. The Morgan fingerprint density at radius 1 is 1.12 bits per heavy atom. The van der Waals surface area contributed by atoms with Crippen molar-refractivity contribution in [2.24, 2.45) is 10.6 Å². The number of hydrogen-bond acceptors (Lipinski definition) is 4. The normalized spacial score (nSPS) is 14.0. The quantitative estimate of drug-likeness (QED) is 0.643. The van der Waals surface area contributed by atoms with E-state index in [9.17, 15) is 16.8 Å². The molecular formula is C8H20N2O4S2. The van der Waals surface area contributed by atoms with Crippen molar-refractivity contribution in [3.63, 3.8) is 0 Å². The van der Waals surface area contributed by atoms with Gasteiger partial charge in [0.1, 0.15) is 0 Å². The van der Waals surface area contributed by atoms with Crippen LogP contribution in [0.3, 0.4) is 0 Å². The average Bonchev–Trinajstić information content (AvgIpc) is 1.91. The van der Waals surface area contributed by atoms with E-state index in [-0.39, 0.29) is 29.9 Å². The number of nitrogens with one attached hydrogen (secondary N) is 1. The van der Waals surface area contributed by atoms with Gasteiger partial charge >= 0.3 is 0 Å². The average molecular weight is 272 g/mol. The van der Waals surface area contributed by atoms with E-state index in [0.29, 0.717) is 0 Å². The third-order valence-corrected chi connectivity index (χ3v) is 4.30. The molecule has 6 nitrogen and oxygen atoms in total. The number of rotatable bonds is 6.